The Bertz CT molecular complexity index is 1150. The van der Waals surface area contributed by atoms with Gasteiger partial charge in [-0.1, -0.05) is 48.5 Å². The second-order valence-electron chi connectivity index (χ2n) is 7.70. The number of benzene rings is 2. The van der Waals surface area contributed by atoms with Crippen molar-refractivity contribution in [1.82, 2.24) is 25.4 Å². The first kappa shape index (κ1) is 22.0. The van der Waals surface area contributed by atoms with Gasteiger partial charge < -0.3 is 25.0 Å². The van der Waals surface area contributed by atoms with E-state index >= 15 is 0 Å². The number of carbonyl (C=O) groups excluding carboxylic acids is 2. The van der Waals surface area contributed by atoms with E-state index in [0.717, 1.165) is 22.3 Å². The number of aromatic nitrogens is 3. The van der Waals surface area contributed by atoms with E-state index in [2.05, 4.69) is 20.8 Å². The van der Waals surface area contributed by atoms with E-state index in [4.69, 9.17) is 9.84 Å². The Morgan fingerprint density at radius 2 is 1.73 bits per heavy atom. The van der Waals surface area contributed by atoms with Crippen molar-refractivity contribution < 1.29 is 24.2 Å². The number of carboxylic acids is 1. The molecule has 0 bridgehead atoms. The van der Waals surface area contributed by atoms with Gasteiger partial charge in [-0.3, -0.25) is 9.59 Å². The maximum atomic E-state index is 12.5. The lowest BCUT2D eigenvalue weighted by Gasteiger charge is -2.18. The topological polar surface area (TPSA) is 135 Å². The number of aryl methyl sites for hydroxylation is 1. The Morgan fingerprint density at radius 1 is 1.09 bits per heavy atom. The lowest BCUT2D eigenvalue weighted by atomic mass is 9.98. The Balaban J connectivity index is 1.39. The van der Waals surface area contributed by atoms with Crippen LogP contribution in [0.5, 0.6) is 0 Å². The molecule has 1 aliphatic carbocycles. The lowest BCUT2D eigenvalue weighted by molar-refractivity contribution is -0.139. The molecule has 4 rings (SSSR count). The zero-order valence-electron chi connectivity index (χ0n) is 17.9. The molecule has 0 fully saturated rings. The molecule has 0 aliphatic heterocycles. The third kappa shape index (κ3) is 4.84. The largest absolute Gasteiger partial charge is 0.481 e. The maximum absolute atomic E-state index is 12.5. The summed E-state index contributed by atoms with van der Waals surface area (Å²) in [7, 11) is 1.71. The summed E-state index contributed by atoms with van der Waals surface area (Å²) in [6.07, 6.45) is 0.0249. The van der Waals surface area contributed by atoms with Gasteiger partial charge in [-0.25, -0.2) is 4.79 Å². The standard InChI is InChI=1S/C23H23N5O5/c1-28-13-25-27-20(28)11-24-22(31)19(10-21(29)30)26-23(32)33-12-18-16-8-4-2-6-14(16)15-7-3-5-9-17(15)18/h2-9,13,18-19H,10-12H2,1H3,(H,24,31)(H,26,32)(H,29,30). The van der Waals surface area contributed by atoms with Crippen molar-refractivity contribution in [1.29, 1.82) is 0 Å². The number of aliphatic carboxylic acids is 1. The van der Waals surface area contributed by atoms with Crippen LogP contribution in [0.25, 0.3) is 11.1 Å². The number of hydrogen-bond acceptors (Lipinski definition) is 6. The van der Waals surface area contributed by atoms with Crippen LogP contribution in [0.3, 0.4) is 0 Å². The van der Waals surface area contributed by atoms with Crippen LogP contribution in [0.4, 0.5) is 4.79 Å². The number of carboxylic acid groups (broad SMARTS) is 1. The van der Waals surface area contributed by atoms with E-state index in [-0.39, 0.29) is 19.1 Å². The predicted octanol–water partition coefficient (Wildman–Crippen LogP) is 1.81. The fourth-order valence-corrected chi connectivity index (χ4v) is 3.92. The lowest BCUT2D eigenvalue weighted by Crippen LogP contribution is -2.48. The summed E-state index contributed by atoms with van der Waals surface area (Å²) in [4.78, 5) is 36.2. The molecule has 0 saturated carbocycles. The first-order chi connectivity index (χ1) is 15.9. The summed E-state index contributed by atoms with van der Waals surface area (Å²) in [5.41, 5.74) is 4.29. The number of ether oxygens (including phenoxy) is 1. The third-order valence-corrected chi connectivity index (χ3v) is 5.56. The van der Waals surface area contributed by atoms with Crippen molar-refractivity contribution in [2.24, 2.45) is 7.05 Å². The molecule has 1 unspecified atom stereocenters. The van der Waals surface area contributed by atoms with E-state index in [1.165, 1.54) is 6.33 Å². The van der Waals surface area contributed by atoms with Crippen molar-refractivity contribution in [3.8, 4) is 11.1 Å². The molecule has 170 valence electrons. The van der Waals surface area contributed by atoms with E-state index < -0.39 is 30.4 Å². The minimum Gasteiger partial charge on any atom is -0.481 e. The van der Waals surface area contributed by atoms with Crippen LogP contribution in [0, 0.1) is 0 Å². The van der Waals surface area contributed by atoms with E-state index in [1.807, 2.05) is 48.5 Å². The molecule has 0 spiro atoms. The van der Waals surface area contributed by atoms with Crippen molar-refractivity contribution in [2.45, 2.75) is 24.9 Å². The zero-order valence-corrected chi connectivity index (χ0v) is 17.9. The molecule has 3 N–H and O–H groups in total. The average molecular weight is 449 g/mol. The normalized spacial score (nSPS) is 13.0. The zero-order chi connectivity index (χ0) is 23.4. The summed E-state index contributed by atoms with van der Waals surface area (Å²) < 4.78 is 7.04. The highest BCUT2D eigenvalue weighted by Gasteiger charge is 2.30. The Hall–Kier alpha value is -4.21. The van der Waals surface area contributed by atoms with Crippen LogP contribution < -0.4 is 10.6 Å². The molecule has 3 aromatic rings. The van der Waals surface area contributed by atoms with Crippen LogP contribution in [0.15, 0.2) is 54.9 Å². The molecule has 1 aliphatic rings. The summed E-state index contributed by atoms with van der Waals surface area (Å²) in [5, 5.41) is 21.7. The number of amides is 2. The van der Waals surface area contributed by atoms with Crippen LogP contribution >= 0.6 is 0 Å². The molecule has 10 heteroatoms. The van der Waals surface area contributed by atoms with Gasteiger partial charge in [-0.05, 0) is 22.3 Å². The quantitative estimate of drug-likeness (QED) is 0.477. The molecule has 1 heterocycles. The number of alkyl carbamates (subject to hydrolysis) is 1. The van der Waals surface area contributed by atoms with Gasteiger partial charge in [0.05, 0.1) is 13.0 Å². The van der Waals surface area contributed by atoms with Gasteiger partial charge in [-0.2, -0.15) is 0 Å². The van der Waals surface area contributed by atoms with E-state index in [0.29, 0.717) is 5.82 Å². The second kappa shape index (κ2) is 9.51. The maximum Gasteiger partial charge on any atom is 0.407 e. The molecule has 33 heavy (non-hydrogen) atoms. The minimum atomic E-state index is -1.30. The van der Waals surface area contributed by atoms with Gasteiger partial charge in [0.1, 0.15) is 19.0 Å². The van der Waals surface area contributed by atoms with E-state index in [9.17, 15) is 14.4 Å². The van der Waals surface area contributed by atoms with Crippen molar-refractivity contribution >= 4 is 18.0 Å². The second-order valence-corrected chi connectivity index (χ2v) is 7.70. The highest BCUT2D eigenvalue weighted by molar-refractivity contribution is 5.89. The first-order valence-electron chi connectivity index (χ1n) is 10.4. The SMILES string of the molecule is Cn1cnnc1CNC(=O)C(CC(=O)O)NC(=O)OCC1c2ccccc2-c2ccccc21. The summed E-state index contributed by atoms with van der Waals surface area (Å²) in [6.45, 7) is 0.0953. The van der Waals surface area contributed by atoms with Crippen LogP contribution in [-0.2, 0) is 27.9 Å². The molecule has 2 amide bonds. The van der Waals surface area contributed by atoms with E-state index in [1.54, 1.807) is 11.6 Å². The van der Waals surface area contributed by atoms with Gasteiger partial charge in [0.25, 0.3) is 0 Å². The Morgan fingerprint density at radius 3 is 2.30 bits per heavy atom. The first-order valence-corrected chi connectivity index (χ1v) is 10.4. The van der Waals surface area contributed by atoms with Gasteiger partial charge in [0.2, 0.25) is 5.91 Å². The van der Waals surface area contributed by atoms with Crippen molar-refractivity contribution in [3.05, 3.63) is 71.8 Å². The summed E-state index contributed by atoms with van der Waals surface area (Å²) in [6, 6.07) is 14.5. The summed E-state index contributed by atoms with van der Waals surface area (Å²) in [5.74, 6) is -1.55. The van der Waals surface area contributed by atoms with Crippen molar-refractivity contribution in [3.63, 3.8) is 0 Å². The molecular weight excluding hydrogens is 426 g/mol. The summed E-state index contributed by atoms with van der Waals surface area (Å²) >= 11 is 0. The fourth-order valence-electron chi connectivity index (χ4n) is 3.92. The number of fused-ring (bicyclic) bond motifs is 3. The highest BCUT2D eigenvalue weighted by atomic mass is 16.5. The van der Waals surface area contributed by atoms with Gasteiger partial charge >= 0.3 is 12.1 Å². The van der Waals surface area contributed by atoms with Crippen LogP contribution in [0.1, 0.15) is 29.3 Å². The van der Waals surface area contributed by atoms with Gasteiger partial charge in [0.15, 0.2) is 5.82 Å². The molecule has 0 radical (unpaired) electrons. The fraction of sp³-hybridized carbons (Fsp3) is 0.261. The van der Waals surface area contributed by atoms with Crippen LogP contribution in [0.2, 0.25) is 0 Å². The highest BCUT2D eigenvalue weighted by Crippen LogP contribution is 2.44. The monoisotopic (exact) mass is 449 g/mol. The molecular formula is C23H23N5O5. The third-order valence-electron chi connectivity index (χ3n) is 5.56. The number of rotatable bonds is 8. The molecule has 10 nitrogen and oxygen atoms in total. The predicted molar refractivity (Wildman–Crippen MR) is 117 cm³/mol. The van der Waals surface area contributed by atoms with Gasteiger partial charge in [0, 0.05) is 13.0 Å². The van der Waals surface area contributed by atoms with Gasteiger partial charge in [-0.15, -0.1) is 10.2 Å². The minimum absolute atomic E-state index is 0.0395. The smallest absolute Gasteiger partial charge is 0.407 e. The molecule has 2 aromatic carbocycles. The number of nitrogens with one attached hydrogen (secondary N) is 2. The number of nitrogens with zero attached hydrogens (tertiary/aromatic N) is 3. The Kier molecular flexibility index (Phi) is 6.34. The number of carbonyl (C=O) groups is 3. The molecule has 1 atom stereocenters. The molecule has 0 saturated heterocycles. The average Bonchev–Trinajstić information content (AvgIpc) is 3.36. The van der Waals surface area contributed by atoms with Crippen molar-refractivity contribution in [2.75, 3.05) is 6.61 Å². The van der Waals surface area contributed by atoms with Crippen LogP contribution in [-0.4, -0.2) is 50.5 Å². The Labute approximate surface area is 189 Å². The number of hydrogen-bond donors (Lipinski definition) is 3. The molecule has 1 aromatic heterocycles.